The van der Waals surface area contributed by atoms with Gasteiger partial charge in [-0.1, -0.05) is 25.3 Å². The van der Waals surface area contributed by atoms with Crippen molar-refractivity contribution in [1.82, 2.24) is 9.97 Å². The standard InChI is InChI=1S/C14H17N3/c1-2-4-11(5-3-1)6-7-13-12-8-9-15-14(12)17-10-16-13/h6-11H,1-5H2,(H,15,16,17)/p+1/b7-6+. The number of aromatic nitrogens is 3. The molecule has 2 aromatic heterocycles. The Morgan fingerprint density at radius 1 is 1.29 bits per heavy atom. The molecule has 1 aliphatic carbocycles. The van der Waals surface area contributed by atoms with Gasteiger partial charge in [-0.3, -0.25) is 4.98 Å². The molecule has 0 saturated heterocycles. The summed E-state index contributed by atoms with van der Waals surface area (Å²) in [6, 6.07) is 2.07. The summed E-state index contributed by atoms with van der Waals surface area (Å²) in [5, 5.41) is 1.17. The molecule has 3 nitrogen and oxygen atoms in total. The molecule has 2 N–H and O–H groups in total. The smallest absolute Gasteiger partial charge is 0.234 e. The number of fused-ring (bicyclic) bond motifs is 1. The first-order chi connectivity index (χ1) is 8.43. The molecule has 0 unspecified atom stereocenters. The third-order valence-corrected chi connectivity index (χ3v) is 3.61. The van der Waals surface area contributed by atoms with Gasteiger partial charge in [0.05, 0.1) is 11.6 Å². The Balaban J connectivity index is 1.83. The largest absolute Gasteiger partial charge is 0.279 e. The fourth-order valence-electron chi connectivity index (χ4n) is 2.62. The number of hydrogen-bond donors (Lipinski definition) is 1. The highest BCUT2D eigenvalue weighted by Gasteiger charge is 2.11. The van der Waals surface area contributed by atoms with Crippen LogP contribution >= 0.6 is 0 Å². The summed E-state index contributed by atoms with van der Waals surface area (Å²) in [4.78, 5) is 10.7. The summed E-state index contributed by atoms with van der Waals surface area (Å²) in [7, 11) is 0. The van der Waals surface area contributed by atoms with Crippen molar-refractivity contribution in [2.24, 2.45) is 5.92 Å². The van der Waals surface area contributed by atoms with Crippen LogP contribution in [0.2, 0.25) is 0 Å². The fourth-order valence-corrected chi connectivity index (χ4v) is 2.62. The van der Waals surface area contributed by atoms with Gasteiger partial charge in [-0.15, -0.1) is 4.98 Å². The number of aromatic amines is 2. The van der Waals surface area contributed by atoms with Gasteiger partial charge in [-0.05, 0) is 30.9 Å². The molecule has 0 aliphatic heterocycles. The van der Waals surface area contributed by atoms with Gasteiger partial charge in [0.2, 0.25) is 12.0 Å². The van der Waals surface area contributed by atoms with E-state index in [4.69, 9.17) is 0 Å². The van der Waals surface area contributed by atoms with Crippen molar-refractivity contribution >= 4 is 17.1 Å². The lowest BCUT2D eigenvalue weighted by molar-refractivity contribution is -0.352. The molecule has 2 heterocycles. The van der Waals surface area contributed by atoms with Gasteiger partial charge < -0.3 is 0 Å². The molecule has 1 fully saturated rings. The Kier molecular flexibility index (Phi) is 2.90. The molecule has 0 radical (unpaired) electrons. The number of allylic oxidation sites excluding steroid dienone is 1. The number of hydrogen-bond acceptors (Lipinski definition) is 1. The number of nitrogens with zero attached hydrogens (tertiary/aromatic N) is 1. The summed E-state index contributed by atoms with van der Waals surface area (Å²) >= 11 is 0. The van der Waals surface area contributed by atoms with E-state index in [0.29, 0.717) is 0 Å². The van der Waals surface area contributed by atoms with Gasteiger partial charge in [0, 0.05) is 0 Å². The van der Waals surface area contributed by atoms with E-state index in [0.717, 1.165) is 17.3 Å². The molecular formula is C14H18N3+. The molecule has 17 heavy (non-hydrogen) atoms. The number of nitrogens with one attached hydrogen (secondary N) is 2. The van der Waals surface area contributed by atoms with Gasteiger partial charge in [-0.2, -0.15) is 0 Å². The maximum absolute atomic E-state index is 4.40. The summed E-state index contributed by atoms with van der Waals surface area (Å²) in [6.07, 6.45) is 15.1. The Morgan fingerprint density at radius 2 is 2.18 bits per heavy atom. The number of H-pyrrole nitrogens is 2. The van der Waals surface area contributed by atoms with Crippen LogP contribution in [0.5, 0.6) is 0 Å². The third-order valence-electron chi connectivity index (χ3n) is 3.61. The Labute approximate surface area is 101 Å². The van der Waals surface area contributed by atoms with Crippen molar-refractivity contribution in [3.05, 3.63) is 30.4 Å². The predicted octanol–water partition coefficient (Wildman–Crippen LogP) is 2.97. The zero-order chi connectivity index (χ0) is 11.5. The van der Waals surface area contributed by atoms with Crippen molar-refractivity contribution in [2.75, 3.05) is 0 Å². The van der Waals surface area contributed by atoms with E-state index >= 15 is 0 Å². The Hall–Kier alpha value is -1.64. The van der Waals surface area contributed by atoms with Crippen LogP contribution in [0, 0.1) is 5.92 Å². The van der Waals surface area contributed by atoms with Crippen LogP contribution in [0.25, 0.3) is 17.1 Å². The second-order valence-electron chi connectivity index (χ2n) is 4.81. The first-order valence-electron chi connectivity index (χ1n) is 6.45. The molecule has 0 amide bonds. The highest BCUT2D eigenvalue weighted by Crippen LogP contribution is 2.25. The van der Waals surface area contributed by atoms with Crippen LogP contribution in [0.15, 0.2) is 24.7 Å². The Bertz CT molecular complexity index is 521. The molecule has 3 heteroatoms. The van der Waals surface area contributed by atoms with E-state index in [2.05, 4.69) is 33.2 Å². The van der Waals surface area contributed by atoms with Gasteiger partial charge in [-0.25, -0.2) is 4.98 Å². The van der Waals surface area contributed by atoms with E-state index in [1.807, 2.05) is 6.20 Å². The summed E-state index contributed by atoms with van der Waals surface area (Å²) in [5.74, 6) is 0.753. The zero-order valence-electron chi connectivity index (χ0n) is 9.95. The minimum atomic E-state index is 0.753. The predicted molar refractivity (Wildman–Crippen MR) is 68.3 cm³/mol. The zero-order valence-corrected chi connectivity index (χ0v) is 9.95. The second-order valence-corrected chi connectivity index (χ2v) is 4.81. The minimum Gasteiger partial charge on any atom is -0.279 e. The van der Waals surface area contributed by atoms with Crippen molar-refractivity contribution in [3.63, 3.8) is 0 Å². The molecule has 2 aromatic rings. The summed E-state index contributed by atoms with van der Waals surface area (Å²) < 4.78 is 0. The van der Waals surface area contributed by atoms with Crippen molar-refractivity contribution in [2.45, 2.75) is 32.1 Å². The van der Waals surface area contributed by atoms with Crippen molar-refractivity contribution < 1.29 is 4.98 Å². The SMILES string of the molecule is C(=C\C1CCCCC1)/c1nc[nH+]c2[nH]ccc12. The van der Waals surface area contributed by atoms with E-state index in [1.54, 1.807) is 6.33 Å². The average Bonchev–Trinajstić information content (AvgIpc) is 2.86. The molecule has 88 valence electrons. The van der Waals surface area contributed by atoms with E-state index in [9.17, 15) is 0 Å². The molecule has 0 bridgehead atoms. The Morgan fingerprint density at radius 3 is 3.06 bits per heavy atom. The van der Waals surface area contributed by atoms with Crippen molar-refractivity contribution in [1.29, 1.82) is 0 Å². The maximum atomic E-state index is 4.40. The van der Waals surface area contributed by atoms with Crippen LogP contribution in [0.3, 0.4) is 0 Å². The fraction of sp³-hybridized carbons (Fsp3) is 0.429. The van der Waals surface area contributed by atoms with Crippen LogP contribution in [0.1, 0.15) is 37.8 Å². The lowest BCUT2D eigenvalue weighted by atomic mass is 9.89. The van der Waals surface area contributed by atoms with Gasteiger partial charge >= 0.3 is 0 Å². The molecule has 3 rings (SSSR count). The summed E-state index contributed by atoms with van der Waals surface area (Å²) in [6.45, 7) is 0. The van der Waals surface area contributed by atoms with Crippen LogP contribution < -0.4 is 4.98 Å². The monoisotopic (exact) mass is 228 g/mol. The molecule has 1 saturated carbocycles. The lowest BCUT2D eigenvalue weighted by Gasteiger charge is -2.17. The van der Waals surface area contributed by atoms with Gasteiger partial charge in [0.1, 0.15) is 0 Å². The summed E-state index contributed by atoms with van der Waals surface area (Å²) in [5.41, 5.74) is 2.11. The normalized spacial score (nSPS) is 18.1. The molecule has 1 aliphatic rings. The number of rotatable bonds is 2. The lowest BCUT2D eigenvalue weighted by Crippen LogP contribution is -2.05. The minimum absolute atomic E-state index is 0.753. The highest BCUT2D eigenvalue weighted by molar-refractivity contribution is 5.81. The van der Waals surface area contributed by atoms with Crippen LogP contribution in [0.4, 0.5) is 0 Å². The second kappa shape index (κ2) is 4.70. The first-order valence-corrected chi connectivity index (χ1v) is 6.45. The van der Waals surface area contributed by atoms with Crippen LogP contribution in [-0.4, -0.2) is 9.97 Å². The maximum Gasteiger partial charge on any atom is 0.234 e. The first kappa shape index (κ1) is 10.5. The third kappa shape index (κ3) is 2.23. The quantitative estimate of drug-likeness (QED) is 0.843. The van der Waals surface area contributed by atoms with E-state index < -0.39 is 0 Å². The topological polar surface area (TPSA) is 42.8 Å². The molecule has 0 atom stereocenters. The van der Waals surface area contributed by atoms with E-state index in [-0.39, 0.29) is 0 Å². The van der Waals surface area contributed by atoms with E-state index in [1.165, 1.54) is 37.5 Å². The van der Waals surface area contributed by atoms with Gasteiger partial charge in [0.25, 0.3) is 0 Å². The molecule has 0 aromatic carbocycles. The highest BCUT2D eigenvalue weighted by atomic mass is 14.9. The van der Waals surface area contributed by atoms with Crippen molar-refractivity contribution in [3.8, 4) is 0 Å². The molecular weight excluding hydrogens is 210 g/mol. The van der Waals surface area contributed by atoms with Crippen LogP contribution in [-0.2, 0) is 0 Å². The molecule has 0 spiro atoms. The van der Waals surface area contributed by atoms with Gasteiger partial charge in [0.15, 0.2) is 5.69 Å². The average molecular weight is 228 g/mol.